The van der Waals surface area contributed by atoms with Crippen molar-refractivity contribution in [3.05, 3.63) is 34.7 Å². The van der Waals surface area contributed by atoms with E-state index in [0.29, 0.717) is 6.04 Å². The molecule has 0 saturated carbocycles. The van der Waals surface area contributed by atoms with Crippen molar-refractivity contribution in [2.24, 2.45) is 0 Å². The number of nitrogens with zero attached hydrogens (tertiary/aromatic N) is 4. The zero-order chi connectivity index (χ0) is 18.4. The van der Waals surface area contributed by atoms with E-state index in [1.54, 1.807) is 6.33 Å². The van der Waals surface area contributed by atoms with Crippen LogP contribution < -0.4 is 5.32 Å². The Bertz CT molecular complexity index is 963. The molecule has 0 amide bonds. The fourth-order valence-corrected chi connectivity index (χ4v) is 5.61. The quantitative estimate of drug-likeness (QED) is 0.728. The lowest BCUT2D eigenvalue weighted by Crippen LogP contribution is -2.26. The average molecular weight is 384 g/mol. The fraction of sp³-hybridized carbons (Fsp3) is 0.550. The van der Waals surface area contributed by atoms with Gasteiger partial charge >= 0.3 is 0 Å². The van der Waals surface area contributed by atoms with E-state index in [2.05, 4.69) is 45.0 Å². The highest BCUT2D eigenvalue weighted by atomic mass is 32.1. The predicted molar refractivity (Wildman–Crippen MR) is 107 cm³/mol. The van der Waals surface area contributed by atoms with Gasteiger partial charge in [-0.05, 0) is 57.6 Å². The smallest absolute Gasteiger partial charge is 0.138 e. The van der Waals surface area contributed by atoms with Crippen LogP contribution in [0.2, 0.25) is 0 Å². The lowest BCUT2D eigenvalue weighted by molar-refractivity contribution is 0.0988. The standard InChI is InChI=1S/C20H25N5OS/c1-12(2)25-15(7-9-23-25)18-14(8-10-26-18)24-19-17-13-5-3-4-6-16(13)27-20(17)22-11-21-19/h7,9,11-12,14,18H,3-6,8,10H2,1-2H3,(H,21,22,24)/t14-,18-/m1/s1. The van der Waals surface area contributed by atoms with Gasteiger partial charge in [-0.1, -0.05) is 0 Å². The second-order valence-corrected chi connectivity index (χ2v) is 8.82. The molecule has 7 heteroatoms. The first kappa shape index (κ1) is 17.1. The van der Waals surface area contributed by atoms with Gasteiger partial charge in [0.25, 0.3) is 0 Å². The van der Waals surface area contributed by atoms with Crippen LogP contribution in [0.15, 0.2) is 18.6 Å². The Kier molecular flexibility index (Phi) is 4.36. The molecule has 0 unspecified atom stereocenters. The van der Waals surface area contributed by atoms with Crippen molar-refractivity contribution in [2.75, 3.05) is 11.9 Å². The Morgan fingerprint density at radius 2 is 2.15 bits per heavy atom. The summed E-state index contributed by atoms with van der Waals surface area (Å²) in [6.07, 6.45) is 9.38. The molecule has 1 aliphatic carbocycles. The molecule has 0 bridgehead atoms. The zero-order valence-electron chi connectivity index (χ0n) is 15.8. The van der Waals surface area contributed by atoms with Crippen molar-refractivity contribution in [3.8, 4) is 0 Å². The summed E-state index contributed by atoms with van der Waals surface area (Å²) in [5.41, 5.74) is 2.60. The molecule has 27 heavy (non-hydrogen) atoms. The average Bonchev–Trinajstić information content (AvgIpc) is 3.39. The monoisotopic (exact) mass is 383 g/mol. The molecule has 0 spiro atoms. The van der Waals surface area contributed by atoms with Gasteiger partial charge in [0, 0.05) is 23.7 Å². The van der Waals surface area contributed by atoms with E-state index in [1.165, 1.54) is 35.1 Å². The number of nitrogens with one attached hydrogen (secondary N) is 1. The van der Waals surface area contributed by atoms with Crippen LogP contribution in [-0.2, 0) is 17.6 Å². The third-order valence-corrected chi connectivity index (χ3v) is 6.85. The summed E-state index contributed by atoms with van der Waals surface area (Å²) in [5.74, 6) is 0.968. The highest BCUT2D eigenvalue weighted by Crippen LogP contribution is 2.40. The summed E-state index contributed by atoms with van der Waals surface area (Å²) in [6, 6.07) is 2.58. The second-order valence-electron chi connectivity index (χ2n) is 7.74. The normalized spacial score (nSPS) is 22.5. The summed E-state index contributed by atoms with van der Waals surface area (Å²) in [4.78, 5) is 11.8. The summed E-state index contributed by atoms with van der Waals surface area (Å²) < 4.78 is 8.18. The van der Waals surface area contributed by atoms with Crippen molar-refractivity contribution in [1.82, 2.24) is 19.7 Å². The highest BCUT2D eigenvalue weighted by molar-refractivity contribution is 7.19. The topological polar surface area (TPSA) is 64.9 Å². The zero-order valence-corrected chi connectivity index (χ0v) is 16.6. The van der Waals surface area contributed by atoms with Crippen LogP contribution in [0.5, 0.6) is 0 Å². The van der Waals surface area contributed by atoms with Gasteiger partial charge in [0.15, 0.2) is 0 Å². The second kappa shape index (κ2) is 6.87. The number of aromatic nitrogens is 4. The molecule has 3 aromatic heterocycles. The molecule has 1 saturated heterocycles. The molecule has 5 rings (SSSR count). The van der Waals surface area contributed by atoms with E-state index in [-0.39, 0.29) is 12.1 Å². The van der Waals surface area contributed by atoms with Crippen molar-refractivity contribution in [2.45, 2.75) is 64.1 Å². The van der Waals surface area contributed by atoms with Gasteiger partial charge in [0.2, 0.25) is 0 Å². The molecule has 6 nitrogen and oxygen atoms in total. The number of fused-ring (bicyclic) bond motifs is 3. The van der Waals surface area contributed by atoms with Crippen LogP contribution in [0, 0.1) is 0 Å². The highest BCUT2D eigenvalue weighted by Gasteiger charge is 2.33. The summed E-state index contributed by atoms with van der Waals surface area (Å²) in [7, 11) is 0. The number of hydrogen-bond donors (Lipinski definition) is 1. The first-order valence-corrected chi connectivity index (χ1v) is 10.7. The molecule has 1 fully saturated rings. The molecular weight excluding hydrogens is 358 g/mol. The molecule has 0 aromatic carbocycles. The van der Waals surface area contributed by atoms with E-state index in [1.807, 2.05) is 17.5 Å². The largest absolute Gasteiger partial charge is 0.370 e. The molecule has 2 atom stereocenters. The minimum absolute atomic E-state index is 0.00521. The number of hydrogen-bond acceptors (Lipinski definition) is 6. The Morgan fingerprint density at radius 3 is 3.04 bits per heavy atom. The van der Waals surface area contributed by atoms with E-state index in [9.17, 15) is 0 Å². The maximum atomic E-state index is 6.12. The maximum absolute atomic E-state index is 6.12. The SMILES string of the molecule is CC(C)n1nccc1[C@@H]1OCC[C@H]1Nc1ncnc2sc3c(c12)CCCC3. The minimum Gasteiger partial charge on any atom is -0.370 e. The van der Waals surface area contributed by atoms with Gasteiger partial charge in [0.1, 0.15) is 23.1 Å². The molecule has 0 radical (unpaired) electrons. The Morgan fingerprint density at radius 1 is 1.26 bits per heavy atom. The van der Waals surface area contributed by atoms with Crippen LogP contribution in [0.1, 0.15) is 61.4 Å². The van der Waals surface area contributed by atoms with Gasteiger partial charge in [-0.3, -0.25) is 4.68 Å². The molecule has 2 aliphatic rings. The summed E-state index contributed by atoms with van der Waals surface area (Å²) in [6.45, 7) is 5.06. The van der Waals surface area contributed by atoms with Crippen LogP contribution in [0.4, 0.5) is 5.82 Å². The minimum atomic E-state index is -0.00521. The fourth-order valence-electron chi connectivity index (χ4n) is 4.39. The van der Waals surface area contributed by atoms with Crippen LogP contribution in [0.3, 0.4) is 0 Å². The Balaban J connectivity index is 1.49. The van der Waals surface area contributed by atoms with Crippen LogP contribution in [-0.4, -0.2) is 32.4 Å². The number of anilines is 1. The lowest BCUT2D eigenvalue weighted by Gasteiger charge is -2.23. The van der Waals surface area contributed by atoms with Gasteiger partial charge in [0.05, 0.1) is 17.1 Å². The van der Waals surface area contributed by atoms with Crippen LogP contribution >= 0.6 is 11.3 Å². The van der Waals surface area contributed by atoms with Crippen molar-refractivity contribution >= 4 is 27.4 Å². The van der Waals surface area contributed by atoms with E-state index < -0.39 is 0 Å². The first-order valence-electron chi connectivity index (χ1n) is 9.89. The van der Waals surface area contributed by atoms with E-state index in [0.717, 1.165) is 35.8 Å². The Labute approximate surface area is 163 Å². The summed E-state index contributed by atoms with van der Waals surface area (Å²) >= 11 is 1.84. The van der Waals surface area contributed by atoms with Crippen molar-refractivity contribution < 1.29 is 4.74 Å². The number of thiophene rings is 1. The van der Waals surface area contributed by atoms with Crippen molar-refractivity contribution in [1.29, 1.82) is 0 Å². The van der Waals surface area contributed by atoms with E-state index in [4.69, 9.17) is 4.74 Å². The molecule has 1 aliphatic heterocycles. The number of aryl methyl sites for hydroxylation is 2. The van der Waals surface area contributed by atoms with Crippen molar-refractivity contribution in [3.63, 3.8) is 0 Å². The molecule has 142 valence electrons. The first-order chi connectivity index (χ1) is 13.2. The van der Waals surface area contributed by atoms with Gasteiger partial charge in [-0.25, -0.2) is 9.97 Å². The molecule has 3 aromatic rings. The van der Waals surface area contributed by atoms with Gasteiger partial charge in [-0.15, -0.1) is 11.3 Å². The predicted octanol–water partition coefficient (Wildman–Crippen LogP) is 4.29. The number of rotatable bonds is 4. The lowest BCUT2D eigenvalue weighted by atomic mass is 9.97. The third-order valence-electron chi connectivity index (χ3n) is 5.65. The third kappa shape index (κ3) is 2.93. The molecular formula is C20H25N5OS. The Hall–Kier alpha value is -1.99. The summed E-state index contributed by atoms with van der Waals surface area (Å²) in [5, 5.41) is 9.44. The van der Waals surface area contributed by atoms with E-state index >= 15 is 0 Å². The molecule has 1 N–H and O–H groups in total. The van der Waals surface area contributed by atoms with Gasteiger partial charge in [-0.2, -0.15) is 5.10 Å². The number of ether oxygens (including phenoxy) is 1. The van der Waals surface area contributed by atoms with Gasteiger partial charge < -0.3 is 10.1 Å². The maximum Gasteiger partial charge on any atom is 0.138 e. The van der Waals surface area contributed by atoms with Crippen LogP contribution in [0.25, 0.3) is 10.2 Å². The molecule has 4 heterocycles.